The predicted molar refractivity (Wildman–Crippen MR) is 70.5 cm³/mol. The van der Waals surface area contributed by atoms with Gasteiger partial charge in [0.1, 0.15) is 9.30 Å². The molecule has 1 saturated heterocycles. The van der Waals surface area contributed by atoms with E-state index in [1.54, 1.807) is 0 Å². The zero-order valence-electron chi connectivity index (χ0n) is 8.16. The summed E-state index contributed by atoms with van der Waals surface area (Å²) < 4.78 is 5.41. The molecule has 0 amide bonds. The molecule has 1 saturated carbocycles. The molecule has 0 aromatic rings. The molecule has 1 aliphatic carbocycles. The molecule has 0 radical (unpaired) electrons. The highest BCUT2D eigenvalue weighted by molar-refractivity contribution is 14.1. The minimum absolute atomic E-state index is 0.241. The highest BCUT2D eigenvalue weighted by atomic mass is 127. The third kappa shape index (κ3) is 2.20. The summed E-state index contributed by atoms with van der Waals surface area (Å²) in [5.74, 6) is 0. The zero-order valence-corrected chi connectivity index (χ0v) is 11.9. The van der Waals surface area contributed by atoms with Gasteiger partial charge in [-0.05, 0) is 0 Å². The first-order chi connectivity index (χ1) is 7.95. The molecule has 6 unspecified atom stereocenters. The third-order valence-corrected chi connectivity index (χ3v) is 5.77. The average Bonchev–Trinajstić information content (AvgIpc) is 2.70. The van der Waals surface area contributed by atoms with Gasteiger partial charge in [0.25, 0.3) is 12.1 Å². The largest absolute Gasteiger partial charge is 0.297 e. The fraction of sp³-hybridized carbons (Fsp3) is 1.00. The van der Waals surface area contributed by atoms with Gasteiger partial charge in [0.15, 0.2) is 0 Å². The van der Waals surface area contributed by atoms with E-state index in [4.69, 9.17) is 11.6 Å². The van der Waals surface area contributed by atoms with Crippen LogP contribution < -0.4 is 9.44 Å². The van der Waals surface area contributed by atoms with Crippen molar-refractivity contribution < 1.29 is 9.85 Å². The Morgan fingerprint density at radius 3 is 2.18 bits per heavy atom. The number of hydrogen-bond acceptors (Lipinski definition) is 7. The summed E-state index contributed by atoms with van der Waals surface area (Å²) in [4.78, 5) is 20.7. The Bertz CT molecular complexity index is 331. The lowest BCUT2D eigenvalue weighted by molar-refractivity contribution is -0.619. The fourth-order valence-electron chi connectivity index (χ4n) is 2.13. The number of nitrogens with zero attached hydrogens (tertiary/aromatic N) is 2. The number of rotatable bonds is 2. The van der Waals surface area contributed by atoms with E-state index < -0.39 is 31.2 Å². The molecule has 1 aliphatic heterocycles. The third-order valence-electron chi connectivity index (χ3n) is 2.95. The van der Waals surface area contributed by atoms with E-state index >= 15 is 0 Å². The van der Waals surface area contributed by atoms with Crippen LogP contribution in [0.5, 0.6) is 0 Å². The van der Waals surface area contributed by atoms with Gasteiger partial charge in [-0.25, -0.2) is 9.44 Å². The first-order valence-electron chi connectivity index (χ1n) is 4.67. The second kappa shape index (κ2) is 4.99. The van der Waals surface area contributed by atoms with Crippen molar-refractivity contribution in [1.29, 1.82) is 0 Å². The van der Waals surface area contributed by atoms with E-state index in [2.05, 4.69) is 9.44 Å². The molecule has 2 rings (SSSR count). The van der Waals surface area contributed by atoms with Gasteiger partial charge >= 0.3 is 0 Å². The van der Waals surface area contributed by atoms with E-state index in [0.717, 1.165) is 0 Å². The van der Waals surface area contributed by atoms with Gasteiger partial charge in [0, 0.05) is 22.0 Å². The van der Waals surface area contributed by atoms with Crippen molar-refractivity contribution in [3.8, 4) is 0 Å². The van der Waals surface area contributed by atoms with Gasteiger partial charge in [0.05, 0.1) is 12.1 Å². The Morgan fingerprint density at radius 1 is 1.12 bits per heavy atom. The molecule has 2 aliphatic rings. The molecule has 0 aromatic heterocycles. The minimum atomic E-state index is -1.37. The molecule has 96 valence electrons. The van der Waals surface area contributed by atoms with Gasteiger partial charge < -0.3 is 0 Å². The van der Waals surface area contributed by atoms with Crippen molar-refractivity contribution >= 4 is 46.3 Å². The van der Waals surface area contributed by atoms with Crippen LogP contribution in [0.2, 0.25) is 0 Å². The molecule has 2 N–H and O–H groups in total. The summed E-state index contributed by atoms with van der Waals surface area (Å²) in [7, 11) is 0. The molecule has 8 nitrogen and oxygen atoms in total. The summed E-state index contributed by atoms with van der Waals surface area (Å²) in [6.07, 6.45) is 0. The maximum Gasteiger partial charge on any atom is 0.297 e. The smallest absolute Gasteiger partial charge is 0.264 e. The van der Waals surface area contributed by atoms with Crippen LogP contribution in [0.3, 0.4) is 0 Å². The van der Waals surface area contributed by atoms with E-state index in [9.17, 15) is 20.2 Å². The highest BCUT2D eigenvalue weighted by Crippen LogP contribution is 2.36. The topological polar surface area (TPSA) is 110 Å². The lowest BCUT2D eigenvalue weighted by atomic mass is 9.84. The van der Waals surface area contributed by atoms with Crippen LogP contribution in [0, 0.1) is 20.2 Å². The normalized spacial score (nSPS) is 45.3. The number of halogens is 2. The Kier molecular flexibility index (Phi) is 3.97. The van der Waals surface area contributed by atoms with Gasteiger partial charge in [-0.1, -0.05) is 22.6 Å². The number of alkyl halides is 2. The van der Waals surface area contributed by atoms with Crippen LogP contribution in [0.1, 0.15) is 0 Å². The van der Waals surface area contributed by atoms with Crippen molar-refractivity contribution in [2.45, 2.75) is 33.5 Å². The molecule has 11 heteroatoms. The Hall–Kier alpha value is 0.0900. The lowest BCUT2D eigenvalue weighted by Gasteiger charge is -2.35. The molecule has 0 bridgehead atoms. The summed E-state index contributed by atoms with van der Waals surface area (Å²) in [6, 6.07) is -3.23. The number of nitro groups is 2. The molecule has 0 spiro atoms. The summed E-state index contributed by atoms with van der Waals surface area (Å²) in [6.45, 7) is 0. The van der Waals surface area contributed by atoms with Crippen molar-refractivity contribution in [2.24, 2.45) is 0 Å². The Balaban J connectivity index is 2.35. The van der Waals surface area contributed by atoms with Gasteiger partial charge in [-0.3, -0.25) is 20.2 Å². The maximum absolute atomic E-state index is 11.0. The maximum atomic E-state index is 11.0. The molecule has 17 heavy (non-hydrogen) atoms. The van der Waals surface area contributed by atoms with Crippen molar-refractivity contribution in [3.05, 3.63) is 20.2 Å². The van der Waals surface area contributed by atoms with Gasteiger partial charge in [0.2, 0.25) is 0 Å². The van der Waals surface area contributed by atoms with E-state index in [0.29, 0.717) is 0 Å². The average molecular weight is 395 g/mol. The number of hydrogen-bond donors (Lipinski definition) is 2. The Morgan fingerprint density at radius 2 is 1.65 bits per heavy atom. The second-order valence-electron chi connectivity index (χ2n) is 3.83. The first kappa shape index (κ1) is 13.5. The Labute approximate surface area is 119 Å². The standard InChI is InChI=1S/C6H8ClIN4O4S/c7-1-3-4(10-17-9-3)2(8)6(12(15)16)5(1)11(13)14/h1-6,9-10H. The van der Waals surface area contributed by atoms with Crippen LogP contribution in [0.15, 0.2) is 0 Å². The number of nitrogens with one attached hydrogen (secondary N) is 2. The molecular formula is C6H8ClIN4O4S. The first-order valence-corrected chi connectivity index (χ1v) is 7.17. The molecular weight excluding hydrogens is 387 g/mol. The summed E-state index contributed by atoms with van der Waals surface area (Å²) in [5, 5.41) is 21.1. The predicted octanol–water partition coefficient (Wildman–Crippen LogP) is 0.195. The van der Waals surface area contributed by atoms with Crippen LogP contribution in [0.4, 0.5) is 0 Å². The summed E-state index contributed by atoms with van der Waals surface area (Å²) in [5.41, 5.74) is 0. The second-order valence-corrected chi connectivity index (χ2v) is 6.45. The monoisotopic (exact) mass is 394 g/mol. The van der Waals surface area contributed by atoms with Crippen LogP contribution in [0.25, 0.3) is 0 Å². The van der Waals surface area contributed by atoms with Gasteiger partial charge in [-0.15, -0.1) is 11.6 Å². The minimum Gasteiger partial charge on any atom is -0.264 e. The van der Waals surface area contributed by atoms with Crippen LogP contribution >= 0.6 is 46.3 Å². The van der Waals surface area contributed by atoms with Crippen LogP contribution in [-0.4, -0.2) is 43.3 Å². The fourth-order valence-corrected chi connectivity index (χ4v) is 5.15. The van der Waals surface area contributed by atoms with Crippen LogP contribution in [-0.2, 0) is 0 Å². The lowest BCUT2D eigenvalue weighted by Crippen LogP contribution is -2.66. The van der Waals surface area contributed by atoms with Crippen molar-refractivity contribution in [2.75, 3.05) is 0 Å². The van der Waals surface area contributed by atoms with Crippen molar-refractivity contribution in [1.82, 2.24) is 9.44 Å². The van der Waals surface area contributed by atoms with Gasteiger partial charge in [-0.2, -0.15) is 0 Å². The molecule has 0 aromatic carbocycles. The molecule has 1 heterocycles. The van der Waals surface area contributed by atoms with E-state index in [1.807, 2.05) is 22.6 Å². The highest BCUT2D eigenvalue weighted by Gasteiger charge is 2.62. The molecule has 2 fully saturated rings. The number of fused-ring (bicyclic) bond motifs is 1. The summed E-state index contributed by atoms with van der Waals surface area (Å²) >= 11 is 9.09. The van der Waals surface area contributed by atoms with Crippen molar-refractivity contribution in [3.63, 3.8) is 0 Å². The zero-order chi connectivity index (χ0) is 12.7. The van der Waals surface area contributed by atoms with E-state index in [1.165, 1.54) is 12.1 Å². The quantitative estimate of drug-likeness (QED) is 0.226. The SMILES string of the molecule is O=[N+]([O-])C1C(Cl)C2NSNC2C(I)C1[N+](=O)[O-]. The van der Waals surface area contributed by atoms with E-state index in [-0.39, 0.29) is 12.1 Å². The molecule has 6 atom stereocenters.